The number of nitrogens with zero attached hydrogens (tertiary/aromatic N) is 3. The maximum absolute atomic E-state index is 12.3. The summed E-state index contributed by atoms with van der Waals surface area (Å²) in [6, 6.07) is 13.7. The number of nitrogens with one attached hydrogen (secondary N) is 1. The normalized spacial score (nSPS) is 12.2. The molecular weight excluding hydrogens is 320 g/mol. The molecule has 1 atom stereocenters. The molecule has 0 bridgehead atoms. The van der Waals surface area contributed by atoms with Gasteiger partial charge in [0, 0.05) is 11.9 Å². The van der Waals surface area contributed by atoms with E-state index in [9.17, 15) is 4.79 Å². The first-order valence-electron chi connectivity index (χ1n) is 8.00. The molecule has 3 aromatic rings. The zero-order valence-electron chi connectivity index (χ0n) is 13.8. The third kappa shape index (κ3) is 3.59. The van der Waals surface area contributed by atoms with Gasteiger partial charge in [-0.1, -0.05) is 49.9 Å². The van der Waals surface area contributed by atoms with E-state index in [1.807, 2.05) is 47.0 Å². The van der Waals surface area contributed by atoms with Gasteiger partial charge in [-0.15, -0.1) is 10.2 Å². The Bertz CT molecular complexity index is 846. The topological polar surface area (TPSA) is 59.3 Å². The van der Waals surface area contributed by atoms with Gasteiger partial charge in [-0.05, 0) is 36.1 Å². The molecule has 3 rings (SSSR count). The predicted molar refractivity (Wildman–Crippen MR) is 97.5 cm³/mol. The number of benzene rings is 1. The van der Waals surface area contributed by atoms with Crippen molar-refractivity contribution in [3.8, 4) is 0 Å². The molecule has 0 aliphatic rings. The van der Waals surface area contributed by atoms with Crippen LogP contribution in [0.2, 0.25) is 0 Å². The van der Waals surface area contributed by atoms with Gasteiger partial charge in [0.1, 0.15) is 0 Å². The highest BCUT2D eigenvalue weighted by molar-refractivity contribution is 7.99. The Hall–Kier alpha value is -2.34. The van der Waals surface area contributed by atoms with Crippen molar-refractivity contribution < 1.29 is 4.79 Å². The van der Waals surface area contributed by atoms with Gasteiger partial charge in [-0.2, -0.15) is 0 Å². The fourth-order valence-corrected chi connectivity index (χ4v) is 3.22. The maximum Gasteiger partial charge on any atom is 0.234 e. The van der Waals surface area contributed by atoms with E-state index in [1.165, 1.54) is 17.3 Å². The van der Waals surface area contributed by atoms with Crippen molar-refractivity contribution in [2.45, 2.75) is 31.3 Å². The van der Waals surface area contributed by atoms with Crippen LogP contribution >= 0.6 is 11.8 Å². The molecule has 0 aliphatic heterocycles. The van der Waals surface area contributed by atoms with E-state index >= 15 is 0 Å². The second kappa shape index (κ2) is 7.49. The lowest BCUT2D eigenvalue weighted by molar-refractivity contribution is -0.113. The van der Waals surface area contributed by atoms with Crippen LogP contribution in [0.3, 0.4) is 0 Å². The second-order valence-electron chi connectivity index (χ2n) is 5.64. The summed E-state index contributed by atoms with van der Waals surface area (Å²) in [5.74, 6) is 0.669. The van der Waals surface area contributed by atoms with Gasteiger partial charge in [0.15, 0.2) is 10.8 Å². The number of carbonyl (C=O) groups is 1. The van der Waals surface area contributed by atoms with Gasteiger partial charge in [0.05, 0.1) is 5.75 Å². The van der Waals surface area contributed by atoms with E-state index in [-0.39, 0.29) is 5.91 Å². The number of fused-ring (bicyclic) bond motifs is 1. The summed E-state index contributed by atoms with van der Waals surface area (Å²) in [7, 11) is 0. The molecule has 0 radical (unpaired) electrons. The lowest BCUT2D eigenvalue weighted by Gasteiger charge is -2.15. The van der Waals surface area contributed by atoms with E-state index in [0.717, 1.165) is 22.9 Å². The fourth-order valence-electron chi connectivity index (χ4n) is 2.49. The highest BCUT2D eigenvalue weighted by Gasteiger charge is 2.12. The molecule has 24 heavy (non-hydrogen) atoms. The number of rotatable bonds is 6. The quantitative estimate of drug-likeness (QED) is 0.690. The summed E-state index contributed by atoms with van der Waals surface area (Å²) >= 11 is 1.38. The van der Waals surface area contributed by atoms with Gasteiger partial charge in [0.2, 0.25) is 5.91 Å². The summed E-state index contributed by atoms with van der Waals surface area (Å²) in [5, 5.41) is 12.0. The van der Waals surface area contributed by atoms with Crippen molar-refractivity contribution in [3.05, 3.63) is 54.2 Å². The van der Waals surface area contributed by atoms with E-state index in [0.29, 0.717) is 11.7 Å². The van der Waals surface area contributed by atoms with Gasteiger partial charge < -0.3 is 5.32 Å². The smallest absolute Gasteiger partial charge is 0.234 e. The average molecular weight is 340 g/mol. The first-order chi connectivity index (χ1) is 11.7. The fraction of sp³-hybridized carbons (Fsp3) is 0.278. The molecule has 2 heterocycles. The number of hydrogen-bond acceptors (Lipinski definition) is 4. The van der Waals surface area contributed by atoms with Crippen molar-refractivity contribution in [3.63, 3.8) is 0 Å². The van der Waals surface area contributed by atoms with Gasteiger partial charge in [0.25, 0.3) is 0 Å². The van der Waals surface area contributed by atoms with Crippen LogP contribution in [0.4, 0.5) is 5.69 Å². The predicted octanol–water partition coefficient (Wildman–Crippen LogP) is 3.97. The minimum atomic E-state index is -0.0385. The maximum atomic E-state index is 12.3. The van der Waals surface area contributed by atoms with Crippen LogP contribution in [0, 0.1) is 0 Å². The third-order valence-electron chi connectivity index (χ3n) is 3.99. The molecule has 0 saturated carbocycles. The Labute approximate surface area is 145 Å². The summed E-state index contributed by atoms with van der Waals surface area (Å²) < 4.78 is 1.88. The zero-order valence-corrected chi connectivity index (χ0v) is 14.6. The average Bonchev–Trinajstić information content (AvgIpc) is 3.03. The molecule has 0 aliphatic carbocycles. The lowest BCUT2D eigenvalue weighted by atomic mass is 9.97. The zero-order chi connectivity index (χ0) is 16.9. The molecule has 0 unspecified atom stereocenters. The summed E-state index contributed by atoms with van der Waals surface area (Å²) in [5.41, 5.74) is 2.84. The molecule has 1 aromatic carbocycles. The molecule has 6 heteroatoms. The van der Waals surface area contributed by atoms with Gasteiger partial charge >= 0.3 is 0 Å². The van der Waals surface area contributed by atoms with Crippen LogP contribution in [0.15, 0.2) is 53.8 Å². The van der Waals surface area contributed by atoms with Crippen molar-refractivity contribution >= 4 is 29.0 Å². The van der Waals surface area contributed by atoms with Crippen LogP contribution in [-0.2, 0) is 4.79 Å². The van der Waals surface area contributed by atoms with Crippen LogP contribution in [0.5, 0.6) is 0 Å². The Morgan fingerprint density at radius 1 is 1.21 bits per heavy atom. The number of carbonyl (C=O) groups excluding carboxylic acids is 1. The van der Waals surface area contributed by atoms with Crippen LogP contribution in [0.1, 0.15) is 31.7 Å². The minimum Gasteiger partial charge on any atom is -0.325 e. The molecule has 124 valence electrons. The van der Waals surface area contributed by atoms with Gasteiger partial charge in [-0.25, -0.2) is 0 Å². The van der Waals surface area contributed by atoms with Crippen LogP contribution in [-0.4, -0.2) is 26.3 Å². The Morgan fingerprint density at radius 3 is 2.83 bits per heavy atom. The van der Waals surface area contributed by atoms with E-state index in [1.54, 1.807) is 0 Å². The number of pyridine rings is 1. The van der Waals surface area contributed by atoms with Crippen molar-refractivity contribution in [1.82, 2.24) is 14.6 Å². The molecule has 1 amide bonds. The molecular formula is C18H20N4OS. The van der Waals surface area contributed by atoms with Crippen LogP contribution in [0.25, 0.3) is 5.65 Å². The summed E-state index contributed by atoms with van der Waals surface area (Å²) in [4.78, 5) is 12.3. The second-order valence-corrected chi connectivity index (χ2v) is 6.59. The molecule has 5 nitrogen and oxygen atoms in total. The Balaban J connectivity index is 1.66. The highest BCUT2D eigenvalue weighted by atomic mass is 32.2. The standard InChI is InChI=1S/C18H20N4OS/c1-3-13(2)14-8-4-5-9-15(14)19-17(23)12-24-18-21-20-16-10-6-7-11-22(16)18/h4-11,13H,3,12H2,1-2H3,(H,19,23)/t13-/m0/s1. The number of thioether (sulfide) groups is 1. The number of hydrogen-bond donors (Lipinski definition) is 1. The summed E-state index contributed by atoms with van der Waals surface area (Å²) in [6.07, 6.45) is 2.93. The third-order valence-corrected chi connectivity index (χ3v) is 4.94. The number of aromatic nitrogens is 3. The SMILES string of the molecule is CC[C@H](C)c1ccccc1NC(=O)CSc1nnc2ccccn12. The minimum absolute atomic E-state index is 0.0385. The van der Waals surface area contributed by atoms with Crippen molar-refractivity contribution in [2.24, 2.45) is 0 Å². The van der Waals surface area contributed by atoms with Gasteiger partial charge in [-0.3, -0.25) is 9.20 Å². The van der Waals surface area contributed by atoms with E-state index in [2.05, 4.69) is 35.4 Å². The molecule has 1 N–H and O–H groups in total. The van der Waals surface area contributed by atoms with Crippen molar-refractivity contribution in [1.29, 1.82) is 0 Å². The number of anilines is 1. The molecule has 0 fully saturated rings. The number of amides is 1. The summed E-state index contributed by atoms with van der Waals surface area (Å²) in [6.45, 7) is 4.32. The Kier molecular flexibility index (Phi) is 5.15. The van der Waals surface area contributed by atoms with E-state index < -0.39 is 0 Å². The molecule has 0 saturated heterocycles. The number of para-hydroxylation sites is 1. The molecule has 0 spiro atoms. The Morgan fingerprint density at radius 2 is 2.00 bits per heavy atom. The largest absolute Gasteiger partial charge is 0.325 e. The highest BCUT2D eigenvalue weighted by Crippen LogP contribution is 2.27. The monoisotopic (exact) mass is 340 g/mol. The van der Waals surface area contributed by atoms with Crippen molar-refractivity contribution in [2.75, 3.05) is 11.1 Å². The first-order valence-corrected chi connectivity index (χ1v) is 8.99. The molecule has 2 aromatic heterocycles. The van der Waals surface area contributed by atoms with E-state index in [4.69, 9.17) is 0 Å². The first kappa shape index (κ1) is 16.5. The lowest BCUT2D eigenvalue weighted by Crippen LogP contribution is -2.16. The van der Waals surface area contributed by atoms with Crippen LogP contribution < -0.4 is 5.32 Å².